The maximum absolute atomic E-state index is 3.47. The van der Waals surface area contributed by atoms with E-state index in [1.807, 2.05) is 11.8 Å². The number of hydrogen-bond donors (Lipinski definition) is 1. The number of thioether (sulfide) groups is 1. The van der Waals surface area contributed by atoms with Gasteiger partial charge in [-0.2, -0.15) is 0 Å². The first-order chi connectivity index (χ1) is 7.68. The highest BCUT2D eigenvalue weighted by atomic mass is 32.2. The van der Waals surface area contributed by atoms with Crippen molar-refractivity contribution in [3.8, 4) is 0 Å². The molecule has 1 aromatic carbocycles. The molecule has 0 atom stereocenters. The third-order valence-electron chi connectivity index (χ3n) is 2.34. The molecular weight excluding hydrogens is 214 g/mol. The Morgan fingerprint density at radius 2 is 1.88 bits per heavy atom. The topological polar surface area (TPSA) is 12.0 Å². The Labute approximate surface area is 104 Å². The summed E-state index contributed by atoms with van der Waals surface area (Å²) < 4.78 is 0. The quantitative estimate of drug-likeness (QED) is 0.573. The summed E-state index contributed by atoms with van der Waals surface area (Å²) in [6.07, 6.45) is 1.24. The van der Waals surface area contributed by atoms with Crippen molar-refractivity contribution >= 4 is 11.8 Å². The van der Waals surface area contributed by atoms with Gasteiger partial charge in [0.15, 0.2) is 0 Å². The first-order valence-corrected chi connectivity index (χ1v) is 7.07. The highest BCUT2D eigenvalue weighted by Crippen LogP contribution is 2.18. The molecule has 0 amide bonds. The molecule has 1 N–H and O–H groups in total. The van der Waals surface area contributed by atoms with Gasteiger partial charge in [-0.15, -0.1) is 11.8 Å². The molecule has 0 heterocycles. The van der Waals surface area contributed by atoms with E-state index >= 15 is 0 Å². The fraction of sp³-hybridized carbons (Fsp3) is 0.571. The zero-order valence-electron chi connectivity index (χ0n) is 10.6. The van der Waals surface area contributed by atoms with Crippen LogP contribution in [0.3, 0.4) is 0 Å². The van der Waals surface area contributed by atoms with Crippen LogP contribution in [0.1, 0.15) is 25.8 Å². The summed E-state index contributed by atoms with van der Waals surface area (Å²) in [4.78, 5) is 1.38. The van der Waals surface area contributed by atoms with E-state index in [1.54, 1.807) is 0 Å². The van der Waals surface area contributed by atoms with Crippen molar-refractivity contribution in [3.05, 3.63) is 29.8 Å². The van der Waals surface area contributed by atoms with Crippen molar-refractivity contribution in [1.82, 2.24) is 5.32 Å². The van der Waals surface area contributed by atoms with Gasteiger partial charge in [0.2, 0.25) is 0 Å². The molecule has 0 radical (unpaired) electrons. The molecule has 0 aliphatic carbocycles. The van der Waals surface area contributed by atoms with Crippen LogP contribution >= 0.6 is 11.8 Å². The maximum atomic E-state index is 3.47. The van der Waals surface area contributed by atoms with E-state index in [1.165, 1.54) is 22.6 Å². The Hall–Kier alpha value is -0.470. The highest BCUT2D eigenvalue weighted by Gasteiger charge is 1.95. The van der Waals surface area contributed by atoms with Gasteiger partial charge in [-0.1, -0.05) is 31.5 Å². The van der Waals surface area contributed by atoms with Crippen LogP contribution in [0.15, 0.2) is 29.2 Å². The van der Waals surface area contributed by atoms with E-state index in [9.17, 15) is 0 Å². The van der Waals surface area contributed by atoms with Crippen molar-refractivity contribution in [2.75, 3.05) is 18.8 Å². The summed E-state index contributed by atoms with van der Waals surface area (Å²) in [7, 11) is 0. The minimum absolute atomic E-state index is 0.754. The van der Waals surface area contributed by atoms with Gasteiger partial charge >= 0.3 is 0 Å². The van der Waals surface area contributed by atoms with Crippen molar-refractivity contribution in [3.63, 3.8) is 0 Å². The summed E-state index contributed by atoms with van der Waals surface area (Å²) in [6.45, 7) is 8.89. The highest BCUT2D eigenvalue weighted by molar-refractivity contribution is 7.99. The van der Waals surface area contributed by atoms with E-state index in [-0.39, 0.29) is 0 Å². The third kappa shape index (κ3) is 6.19. The Morgan fingerprint density at radius 1 is 1.19 bits per heavy atom. The second-order valence-electron chi connectivity index (χ2n) is 4.61. The standard InChI is InChI=1S/C14H23NS/c1-12(2)11-15-9-4-10-16-14-7-5-13(3)6-8-14/h5-8,12,15H,4,9-11H2,1-3H3. The fourth-order valence-corrected chi connectivity index (χ4v) is 2.27. The largest absolute Gasteiger partial charge is 0.316 e. The fourth-order valence-electron chi connectivity index (χ4n) is 1.41. The lowest BCUT2D eigenvalue weighted by molar-refractivity contribution is 0.552. The van der Waals surface area contributed by atoms with Gasteiger partial charge in [-0.25, -0.2) is 0 Å². The van der Waals surface area contributed by atoms with Crippen LogP contribution in [-0.2, 0) is 0 Å². The maximum Gasteiger partial charge on any atom is 0.00721 e. The molecule has 0 fully saturated rings. The molecular formula is C14H23NS. The molecule has 0 saturated heterocycles. The van der Waals surface area contributed by atoms with Crippen molar-refractivity contribution < 1.29 is 0 Å². The van der Waals surface area contributed by atoms with Crippen LogP contribution in [0.25, 0.3) is 0 Å². The van der Waals surface area contributed by atoms with E-state index in [2.05, 4.69) is 50.4 Å². The van der Waals surface area contributed by atoms with Gasteiger partial charge in [-0.05, 0) is 50.2 Å². The number of aryl methyl sites for hydroxylation is 1. The predicted octanol–water partition coefficient (Wildman–Crippen LogP) is 3.72. The molecule has 0 aromatic heterocycles. The molecule has 0 saturated carbocycles. The van der Waals surface area contributed by atoms with Gasteiger partial charge in [-0.3, -0.25) is 0 Å². The lowest BCUT2D eigenvalue weighted by Gasteiger charge is -2.07. The van der Waals surface area contributed by atoms with Gasteiger partial charge in [0, 0.05) is 4.90 Å². The molecule has 0 spiro atoms. The third-order valence-corrected chi connectivity index (χ3v) is 3.44. The van der Waals surface area contributed by atoms with E-state index in [0.717, 1.165) is 19.0 Å². The monoisotopic (exact) mass is 237 g/mol. The van der Waals surface area contributed by atoms with Crippen LogP contribution in [-0.4, -0.2) is 18.8 Å². The molecule has 90 valence electrons. The van der Waals surface area contributed by atoms with Crippen LogP contribution in [0.2, 0.25) is 0 Å². The number of benzene rings is 1. The molecule has 0 aliphatic heterocycles. The summed E-state index contributed by atoms with van der Waals surface area (Å²) in [6, 6.07) is 8.78. The Bertz CT molecular complexity index is 279. The van der Waals surface area contributed by atoms with Crippen molar-refractivity contribution in [2.24, 2.45) is 5.92 Å². The Morgan fingerprint density at radius 3 is 2.50 bits per heavy atom. The average Bonchev–Trinajstić information content (AvgIpc) is 2.25. The normalized spacial score (nSPS) is 11.0. The van der Waals surface area contributed by atoms with Crippen molar-refractivity contribution in [1.29, 1.82) is 0 Å². The van der Waals surface area contributed by atoms with Gasteiger partial charge in [0.1, 0.15) is 0 Å². The number of nitrogens with one attached hydrogen (secondary N) is 1. The van der Waals surface area contributed by atoms with E-state index < -0.39 is 0 Å². The molecule has 1 aromatic rings. The van der Waals surface area contributed by atoms with Gasteiger partial charge in [0.05, 0.1) is 0 Å². The second-order valence-corrected chi connectivity index (χ2v) is 5.78. The van der Waals surface area contributed by atoms with Crippen LogP contribution in [0.4, 0.5) is 0 Å². The molecule has 1 rings (SSSR count). The Balaban J connectivity index is 2.05. The summed E-state index contributed by atoms with van der Waals surface area (Å²) in [5.74, 6) is 1.96. The van der Waals surface area contributed by atoms with Crippen LogP contribution < -0.4 is 5.32 Å². The summed E-state index contributed by atoms with van der Waals surface area (Å²) in [5, 5.41) is 3.47. The predicted molar refractivity (Wildman–Crippen MR) is 74.2 cm³/mol. The minimum atomic E-state index is 0.754. The van der Waals surface area contributed by atoms with Gasteiger partial charge in [0.25, 0.3) is 0 Å². The Kier molecular flexibility index (Phi) is 6.58. The van der Waals surface area contributed by atoms with Crippen molar-refractivity contribution in [2.45, 2.75) is 32.1 Å². The molecule has 2 heteroatoms. The lowest BCUT2D eigenvalue weighted by atomic mass is 10.2. The number of hydrogen-bond acceptors (Lipinski definition) is 2. The summed E-state index contributed by atoms with van der Waals surface area (Å²) in [5.41, 5.74) is 1.34. The second kappa shape index (κ2) is 7.75. The first kappa shape index (κ1) is 13.6. The first-order valence-electron chi connectivity index (χ1n) is 6.08. The lowest BCUT2D eigenvalue weighted by Crippen LogP contribution is -2.21. The van der Waals surface area contributed by atoms with Gasteiger partial charge < -0.3 is 5.32 Å². The smallest absolute Gasteiger partial charge is 0.00721 e. The minimum Gasteiger partial charge on any atom is -0.316 e. The van der Waals surface area contributed by atoms with E-state index in [0.29, 0.717) is 0 Å². The van der Waals surface area contributed by atoms with Crippen LogP contribution in [0.5, 0.6) is 0 Å². The molecule has 1 nitrogen and oxygen atoms in total. The summed E-state index contributed by atoms with van der Waals surface area (Å²) >= 11 is 1.95. The molecule has 0 bridgehead atoms. The zero-order valence-corrected chi connectivity index (χ0v) is 11.4. The zero-order chi connectivity index (χ0) is 11.8. The molecule has 16 heavy (non-hydrogen) atoms. The number of rotatable bonds is 7. The molecule has 0 unspecified atom stereocenters. The van der Waals surface area contributed by atoms with E-state index in [4.69, 9.17) is 0 Å². The SMILES string of the molecule is Cc1ccc(SCCCNCC(C)C)cc1. The average molecular weight is 237 g/mol. The van der Waals surface area contributed by atoms with Crippen LogP contribution in [0, 0.1) is 12.8 Å². The molecule has 0 aliphatic rings.